The third-order valence-electron chi connectivity index (χ3n) is 23.3. The number of benzene rings is 8. The maximum atomic E-state index is 14.7. The molecule has 123 heavy (non-hydrogen) atoms. The quantitative estimate of drug-likeness (QED) is 0.0362. The molecule has 38 nitrogen and oxygen atoms in total. The average Bonchev–Trinajstić information content (AvgIpc) is 0.706. The second kappa shape index (κ2) is 35.3. The molecule has 4 heterocycles. The normalized spacial score (nSPS) is 30.2. The van der Waals surface area contributed by atoms with Gasteiger partial charge in [-0.2, -0.15) is 0 Å². The van der Waals surface area contributed by atoms with Crippen molar-refractivity contribution in [3.63, 3.8) is 0 Å². The number of hydrogen-bond acceptors (Lipinski definition) is 36. The summed E-state index contributed by atoms with van der Waals surface area (Å²) < 4.78 is 46.2. The van der Waals surface area contributed by atoms with Crippen molar-refractivity contribution in [1.82, 2.24) is 0 Å². The standard InChI is InChI=1S/2C42H40O19.Ca/c2*43-11-14-7-18-26(16-3-1-5-22(30(16)34(50)28(18)20(46)8-14)58-41-38(54)36(52)32(48)24(12-44)60-41)27-17-4-2-6-23(59-42-39(55)37(53)33(49)25(13-45)61-42)31(17)35(51)29-19(27)9-15(40(56)57)10-21(29)47;/h2*1-10,24-27,32-33,36-39,41-49,52-55H,11-13H2,(H,56,57);/q;;+2/p-2/t2*24-,25-,26-,27-,32-,33-,36+,37+,38-,39-,41-,42-;/m11./s1. The SMILES string of the molecule is O=C(O)c1cc([O-])c2c(c1)[C@H]([C@H]1c3cc(CO)cc(O)c3C(=O)c3c(O[C@@H]4O[C@H](CO)[C@@H](O)[C@H](O)[C@H]4O)cccc31)c1cccc(O[C@@H]3O[C@H](CO)[C@@H](O)[C@H](O)[C@H]3O)c1C2=O.O=C(O)c1cc([O-])c2c(c1)[C@H]([C@H]1c3cc(CO)cc(O)c3C(=O)c3c(O[C@@H]4O[C@H](CO)[C@@H](O)[C@H](O)[C@H]4O)cccc31)c1cccc(O[C@@H]3O[C@H](CO)[C@@H](O)[C@H](O)[C@H]3O)c1C2=O.[Ca+2]. The Labute approximate surface area is 722 Å². The zero-order chi connectivity index (χ0) is 87.5. The Bertz CT molecular complexity index is 5160. The molecule has 8 aromatic carbocycles. The fraction of sp³-hybridized carbons (Fsp3) is 0.357. The summed E-state index contributed by atoms with van der Waals surface area (Å²) in [5.41, 5.74) is -3.37. The first-order valence-corrected chi connectivity index (χ1v) is 37.9. The predicted octanol–water partition coefficient (Wildman–Crippen LogP) is -4.25. The number of ether oxygens (including phenoxy) is 8. The smallest absolute Gasteiger partial charge is 0.872 e. The Morgan fingerprint density at radius 3 is 0.772 bits per heavy atom. The van der Waals surface area contributed by atoms with Crippen molar-refractivity contribution in [3.05, 3.63) is 233 Å². The van der Waals surface area contributed by atoms with E-state index in [9.17, 15) is 151 Å². The van der Waals surface area contributed by atoms with Crippen molar-refractivity contribution in [3.8, 4) is 46.0 Å². The molecule has 16 rings (SSSR count). The molecule has 4 aliphatic carbocycles. The number of aromatic carboxylic acids is 2. The van der Waals surface area contributed by atoms with Crippen LogP contribution in [0.4, 0.5) is 0 Å². The van der Waals surface area contributed by atoms with Gasteiger partial charge in [0, 0.05) is 34.8 Å². The van der Waals surface area contributed by atoms with Gasteiger partial charge in [0.05, 0.1) is 84.1 Å². The third-order valence-corrected chi connectivity index (χ3v) is 23.3. The Kier molecular flexibility index (Phi) is 25.7. The molecule has 4 saturated heterocycles. The van der Waals surface area contributed by atoms with Crippen LogP contribution in [0.2, 0.25) is 0 Å². The van der Waals surface area contributed by atoms with Gasteiger partial charge in [-0.3, -0.25) is 19.2 Å². The summed E-state index contributed by atoms with van der Waals surface area (Å²) in [7, 11) is 0. The molecule has 0 amide bonds. The topological polar surface area (TPSA) is 667 Å². The summed E-state index contributed by atoms with van der Waals surface area (Å²) in [4.78, 5) is 83.4. The molecule has 8 aromatic rings. The van der Waals surface area contributed by atoms with E-state index in [1.165, 1.54) is 84.9 Å². The molecular weight excluding hydrogens is 1660 g/mol. The molecule has 22 N–H and O–H groups in total. The molecule has 4 fully saturated rings. The minimum absolute atomic E-state index is 0. The third kappa shape index (κ3) is 15.3. The molecular formula is C84H78CaO38. The number of hydrogen-bond donors (Lipinski definition) is 22. The van der Waals surface area contributed by atoms with Crippen LogP contribution in [0.25, 0.3) is 0 Å². The van der Waals surface area contributed by atoms with E-state index in [0.29, 0.717) is 0 Å². The molecule has 0 spiro atoms. The van der Waals surface area contributed by atoms with Gasteiger partial charge in [0.15, 0.2) is 11.6 Å². The molecule has 0 unspecified atom stereocenters. The number of carbonyl (C=O) groups is 6. The first-order valence-electron chi connectivity index (χ1n) is 37.9. The van der Waals surface area contributed by atoms with Crippen molar-refractivity contribution < 1.29 is 189 Å². The van der Waals surface area contributed by atoms with Gasteiger partial charge >= 0.3 is 49.7 Å². The Morgan fingerprint density at radius 1 is 0.309 bits per heavy atom. The van der Waals surface area contributed by atoms with Crippen LogP contribution in [-0.4, -0.2) is 334 Å². The van der Waals surface area contributed by atoms with E-state index in [1.807, 2.05) is 0 Å². The molecule has 8 aliphatic rings. The summed E-state index contributed by atoms with van der Waals surface area (Å²) >= 11 is 0. The van der Waals surface area contributed by atoms with E-state index >= 15 is 0 Å². The number of aromatic hydroxyl groups is 2. The number of ketones is 4. The largest absolute Gasteiger partial charge is 2.00 e. The molecule has 0 saturated carbocycles. The molecule has 644 valence electrons. The van der Waals surface area contributed by atoms with Crippen LogP contribution in [-0.2, 0) is 32.2 Å². The summed E-state index contributed by atoms with van der Waals surface area (Å²) in [5.74, 6) is -16.3. The zero-order valence-corrected chi connectivity index (χ0v) is 65.9. The molecule has 0 bridgehead atoms. The van der Waals surface area contributed by atoms with Crippen molar-refractivity contribution in [1.29, 1.82) is 0 Å². The number of carboxylic acids is 2. The Hall–Kier alpha value is -9.84. The number of carboxylic acid groups (broad SMARTS) is 2. The van der Waals surface area contributed by atoms with Gasteiger partial charge in [-0.25, -0.2) is 9.59 Å². The maximum Gasteiger partial charge on any atom is 2.00 e. The second-order valence-electron chi connectivity index (χ2n) is 30.3. The minimum atomic E-state index is -1.92. The Morgan fingerprint density at radius 2 is 0.545 bits per heavy atom. The van der Waals surface area contributed by atoms with Crippen molar-refractivity contribution in [2.24, 2.45) is 0 Å². The van der Waals surface area contributed by atoms with Crippen LogP contribution in [0.15, 0.2) is 121 Å². The molecule has 0 aromatic heterocycles. The van der Waals surface area contributed by atoms with Crippen LogP contribution in [0.5, 0.6) is 46.0 Å². The molecule has 39 heteroatoms. The van der Waals surface area contributed by atoms with Crippen LogP contribution < -0.4 is 29.2 Å². The van der Waals surface area contributed by atoms with Crippen LogP contribution in [0.3, 0.4) is 0 Å². The van der Waals surface area contributed by atoms with Gasteiger partial charge in [-0.05, 0) is 104 Å². The molecule has 24 atom stereocenters. The number of aliphatic hydroxyl groups excluding tert-OH is 18. The first-order chi connectivity index (χ1) is 58.2. The molecule has 0 radical (unpaired) electrons. The van der Waals surface area contributed by atoms with Gasteiger partial charge in [0.2, 0.25) is 36.7 Å². The van der Waals surface area contributed by atoms with Crippen LogP contribution >= 0.6 is 0 Å². The van der Waals surface area contributed by atoms with Gasteiger partial charge in [0.25, 0.3) is 0 Å². The number of phenolic OH excluding ortho intramolecular Hbond substituents is 2. The van der Waals surface area contributed by atoms with Crippen molar-refractivity contribution >= 4 is 72.8 Å². The zero-order valence-electron chi connectivity index (χ0n) is 63.7. The van der Waals surface area contributed by atoms with Gasteiger partial charge < -0.3 is 160 Å². The number of aliphatic hydroxyl groups is 18. The van der Waals surface area contributed by atoms with Crippen LogP contribution in [0.1, 0.15) is 164 Å². The van der Waals surface area contributed by atoms with Crippen LogP contribution in [0, 0.1) is 0 Å². The summed E-state index contributed by atoms with van der Waals surface area (Å²) in [6.07, 6.45) is -34.9. The first kappa shape index (κ1) is 89.4. The second-order valence-corrected chi connectivity index (χ2v) is 30.3. The van der Waals surface area contributed by atoms with Gasteiger partial charge in [-0.15, -0.1) is 0 Å². The summed E-state index contributed by atoms with van der Waals surface area (Å²) in [5, 5.41) is 258. The number of rotatable bonds is 18. The maximum absolute atomic E-state index is 14.7. The summed E-state index contributed by atoms with van der Waals surface area (Å²) in [6.45, 7) is -4.46. The predicted molar refractivity (Wildman–Crippen MR) is 404 cm³/mol. The van der Waals surface area contributed by atoms with E-state index in [0.717, 1.165) is 36.4 Å². The summed E-state index contributed by atoms with van der Waals surface area (Å²) in [6, 6.07) is 25.6. The average molecular weight is 1740 g/mol. The Balaban J connectivity index is 0.000000199. The number of carbonyl (C=O) groups excluding carboxylic acids is 4. The number of fused-ring (bicyclic) bond motifs is 8. The fourth-order valence-corrected chi connectivity index (χ4v) is 17.4. The van der Waals surface area contributed by atoms with Crippen molar-refractivity contribution in [2.75, 3.05) is 26.4 Å². The van der Waals surface area contributed by atoms with Crippen molar-refractivity contribution in [2.45, 2.75) is 160 Å². The van der Waals surface area contributed by atoms with E-state index in [4.69, 9.17) is 37.9 Å². The van der Waals surface area contributed by atoms with Gasteiger partial charge in [-0.1, -0.05) is 84.3 Å². The fourth-order valence-electron chi connectivity index (χ4n) is 17.4. The number of phenols is 2. The van der Waals surface area contributed by atoms with E-state index < -0.39 is 266 Å². The van der Waals surface area contributed by atoms with E-state index in [2.05, 4.69) is 0 Å². The monoisotopic (exact) mass is 1730 g/mol. The van der Waals surface area contributed by atoms with E-state index in [1.54, 1.807) is 0 Å². The van der Waals surface area contributed by atoms with E-state index in [-0.39, 0.29) is 150 Å². The molecule has 4 aliphatic heterocycles. The van der Waals surface area contributed by atoms with Gasteiger partial charge in [0.1, 0.15) is 132 Å². The minimum Gasteiger partial charge on any atom is -0.872 e.